The van der Waals surface area contributed by atoms with Gasteiger partial charge in [-0.15, -0.1) is 0 Å². The van der Waals surface area contributed by atoms with Crippen molar-refractivity contribution in [2.75, 3.05) is 6.61 Å². The normalized spacial score (nSPS) is 11.0. The van der Waals surface area contributed by atoms with E-state index in [2.05, 4.69) is 15.7 Å². The van der Waals surface area contributed by atoms with Gasteiger partial charge in [0, 0.05) is 0 Å². The molecule has 52 valence electrons. The minimum absolute atomic E-state index is 0.273. The van der Waals surface area contributed by atoms with Gasteiger partial charge in [0.15, 0.2) is 0 Å². The Labute approximate surface area is 52.7 Å². The zero-order valence-corrected chi connectivity index (χ0v) is 5.13. The molecular weight excluding hydrogens is 122 g/mol. The summed E-state index contributed by atoms with van der Waals surface area (Å²) in [4.78, 5) is 10.4. The van der Waals surface area contributed by atoms with E-state index < -0.39 is 5.97 Å². The number of carbonyl (C=O) groups excluding carboxylic acids is 1. The Bertz CT molecular complexity index is 132. The minimum atomic E-state index is -0.681. The fourth-order valence-electron chi connectivity index (χ4n) is 0.258. The average molecular weight is 131 g/mol. The first-order valence-corrected chi connectivity index (χ1v) is 2.42. The van der Waals surface area contributed by atoms with Crippen molar-refractivity contribution >= 4 is 11.8 Å². The molecule has 0 atom stereocenters. The summed E-state index contributed by atoms with van der Waals surface area (Å²) in [7, 11) is 0. The van der Waals surface area contributed by atoms with Crippen LogP contribution in [0.2, 0.25) is 0 Å². The van der Waals surface area contributed by atoms with Crippen LogP contribution in [0.25, 0.3) is 0 Å². The molecule has 0 unspecified atom stereocenters. The predicted octanol–water partition coefficient (Wildman–Crippen LogP) is -1.22. The molecule has 0 spiro atoms. The second-order valence-electron chi connectivity index (χ2n) is 1.23. The van der Waals surface area contributed by atoms with Crippen LogP contribution in [-0.4, -0.2) is 18.4 Å². The van der Waals surface area contributed by atoms with Gasteiger partial charge in [0.2, 0.25) is 5.84 Å². The third kappa shape index (κ3) is 2.53. The number of rotatable bonds is 1. The third-order valence-electron chi connectivity index (χ3n) is 0.624. The molecular formula is C4H9N3O2. The number of esters is 1. The molecule has 4 N–H and O–H groups in total. The highest BCUT2D eigenvalue weighted by atomic mass is 16.5. The number of nitrogens with zero attached hydrogens (tertiary/aromatic N) is 1. The number of hydrazone groups is 1. The first kappa shape index (κ1) is 7.74. The molecule has 0 aliphatic heterocycles. The van der Waals surface area contributed by atoms with Gasteiger partial charge in [0.05, 0.1) is 6.61 Å². The second-order valence-corrected chi connectivity index (χ2v) is 1.23. The second kappa shape index (κ2) is 3.71. The summed E-state index contributed by atoms with van der Waals surface area (Å²) in [6.07, 6.45) is 0. The molecule has 0 bridgehead atoms. The molecule has 5 nitrogen and oxygen atoms in total. The van der Waals surface area contributed by atoms with E-state index in [-0.39, 0.29) is 12.4 Å². The van der Waals surface area contributed by atoms with Gasteiger partial charge in [0.25, 0.3) is 0 Å². The number of hydrogen-bond acceptors (Lipinski definition) is 4. The lowest BCUT2D eigenvalue weighted by molar-refractivity contribution is -0.135. The van der Waals surface area contributed by atoms with Crippen molar-refractivity contribution in [3.63, 3.8) is 0 Å². The summed E-state index contributed by atoms with van der Waals surface area (Å²) in [5, 5.41) is 2.93. The molecule has 9 heavy (non-hydrogen) atoms. The maximum atomic E-state index is 10.4. The van der Waals surface area contributed by atoms with Crippen molar-refractivity contribution in [3.8, 4) is 0 Å². The van der Waals surface area contributed by atoms with Crippen LogP contribution in [0.5, 0.6) is 0 Å². The third-order valence-corrected chi connectivity index (χ3v) is 0.624. The van der Waals surface area contributed by atoms with Crippen molar-refractivity contribution in [1.29, 1.82) is 0 Å². The van der Waals surface area contributed by atoms with E-state index in [1.807, 2.05) is 0 Å². The smallest absolute Gasteiger partial charge is 0.375 e. The molecule has 0 amide bonds. The lowest BCUT2D eigenvalue weighted by atomic mass is 10.6. The maximum absolute atomic E-state index is 10.4. The quantitative estimate of drug-likeness (QED) is 0.153. The van der Waals surface area contributed by atoms with Gasteiger partial charge in [-0.05, 0) is 6.92 Å². The number of amidine groups is 1. The van der Waals surface area contributed by atoms with Crippen LogP contribution < -0.4 is 11.6 Å². The molecule has 0 aromatic rings. The van der Waals surface area contributed by atoms with Crippen LogP contribution in [0.1, 0.15) is 6.92 Å². The maximum Gasteiger partial charge on any atom is 0.375 e. The molecule has 5 heteroatoms. The molecule has 0 aliphatic rings. The molecule has 0 aromatic heterocycles. The number of nitrogens with two attached hydrogens (primary N) is 2. The van der Waals surface area contributed by atoms with E-state index in [4.69, 9.17) is 5.73 Å². The van der Waals surface area contributed by atoms with Gasteiger partial charge in [-0.1, -0.05) is 0 Å². The van der Waals surface area contributed by atoms with Crippen LogP contribution in [0.4, 0.5) is 0 Å². The van der Waals surface area contributed by atoms with Crippen LogP contribution in [-0.2, 0) is 9.53 Å². The standard InChI is InChI=1S/C4H9N3O2/c1-2-9-4(8)3(5)7-6/h2,6H2,1H3,(H2,5,7). The van der Waals surface area contributed by atoms with Gasteiger partial charge in [-0.3, -0.25) is 0 Å². The SMILES string of the molecule is CCOC(=O)C(N)=NN. The summed E-state index contributed by atoms with van der Waals surface area (Å²) >= 11 is 0. The average Bonchev–Trinajstić information content (AvgIpc) is 1.87. The van der Waals surface area contributed by atoms with Crippen LogP contribution in [0.3, 0.4) is 0 Å². The highest BCUT2D eigenvalue weighted by Crippen LogP contribution is 1.75. The fourth-order valence-corrected chi connectivity index (χ4v) is 0.258. The van der Waals surface area contributed by atoms with Crippen molar-refractivity contribution in [3.05, 3.63) is 0 Å². The predicted molar refractivity (Wildman–Crippen MR) is 32.4 cm³/mol. The van der Waals surface area contributed by atoms with Gasteiger partial charge in [-0.25, -0.2) is 4.79 Å². The van der Waals surface area contributed by atoms with Crippen molar-refractivity contribution < 1.29 is 9.53 Å². The number of carbonyl (C=O) groups is 1. The highest BCUT2D eigenvalue weighted by molar-refractivity contribution is 6.34. The van der Waals surface area contributed by atoms with Crippen LogP contribution >= 0.6 is 0 Å². The van der Waals surface area contributed by atoms with E-state index in [0.717, 1.165) is 0 Å². The van der Waals surface area contributed by atoms with E-state index in [9.17, 15) is 4.79 Å². The molecule has 0 radical (unpaired) electrons. The Morgan fingerprint density at radius 2 is 2.33 bits per heavy atom. The summed E-state index contributed by atoms with van der Waals surface area (Å²) < 4.78 is 4.42. The first-order valence-electron chi connectivity index (χ1n) is 2.42. The largest absolute Gasteiger partial charge is 0.460 e. The summed E-state index contributed by atoms with van der Waals surface area (Å²) in [6, 6.07) is 0. The fraction of sp³-hybridized carbons (Fsp3) is 0.500. The molecule has 0 heterocycles. The zero-order valence-electron chi connectivity index (χ0n) is 5.13. The number of ether oxygens (including phenoxy) is 1. The van der Waals surface area contributed by atoms with Crippen molar-refractivity contribution in [2.24, 2.45) is 16.7 Å². The lowest BCUT2D eigenvalue weighted by Gasteiger charge is -1.96. The van der Waals surface area contributed by atoms with Gasteiger partial charge >= 0.3 is 5.97 Å². The highest BCUT2D eigenvalue weighted by Gasteiger charge is 2.04. The minimum Gasteiger partial charge on any atom is -0.460 e. The Hall–Kier alpha value is -1.26. The molecule has 0 fully saturated rings. The van der Waals surface area contributed by atoms with Gasteiger partial charge < -0.3 is 16.3 Å². The molecule has 0 saturated heterocycles. The van der Waals surface area contributed by atoms with Gasteiger partial charge in [-0.2, -0.15) is 5.10 Å². The first-order chi connectivity index (χ1) is 4.22. The van der Waals surface area contributed by atoms with E-state index >= 15 is 0 Å². The Morgan fingerprint density at radius 1 is 1.78 bits per heavy atom. The Morgan fingerprint density at radius 3 is 2.67 bits per heavy atom. The molecule has 0 saturated carbocycles. The van der Waals surface area contributed by atoms with Crippen molar-refractivity contribution in [1.82, 2.24) is 0 Å². The Balaban J connectivity index is 3.74. The molecule has 0 aromatic carbocycles. The van der Waals surface area contributed by atoms with Crippen LogP contribution in [0.15, 0.2) is 5.10 Å². The summed E-state index contributed by atoms with van der Waals surface area (Å²) in [6.45, 7) is 1.94. The summed E-state index contributed by atoms with van der Waals surface area (Å²) in [5.74, 6) is 3.68. The van der Waals surface area contributed by atoms with Gasteiger partial charge in [0.1, 0.15) is 0 Å². The molecule has 0 rings (SSSR count). The summed E-state index contributed by atoms with van der Waals surface area (Å²) in [5.41, 5.74) is 4.95. The monoisotopic (exact) mass is 131 g/mol. The topological polar surface area (TPSA) is 90.7 Å². The molecule has 0 aliphatic carbocycles. The Kier molecular flexibility index (Phi) is 3.19. The van der Waals surface area contributed by atoms with E-state index in [1.54, 1.807) is 6.92 Å². The van der Waals surface area contributed by atoms with E-state index in [1.165, 1.54) is 0 Å². The van der Waals surface area contributed by atoms with E-state index in [0.29, 0.717) is 0 Å². The lowest BCUT2D eigenvalue weighted by Crippen LogP contribution is -2.27. The van der Waals surface area contributed by atoms with Crippen molar-refractivity contribution in [2.45, 2.75) is 6.92 Å². The zero-order chi connectivity index (χ0) is 7.28. The van der Waals surface area contributed by atoms with Crippen LogP contribution in [0, 0.1) is 0 Å². The number of hydrogen-bond donors (Lipinski definition) is 2.